The van der Waals surface area contributed by atoms with E-state index in [0.29, 0.717) is 10.0 Å². The largest absolute Gasteiger partial charge is 0.399 e. The molecule has 2 rings (SSSR count). The first-order chi connectivity index (χ1) is 7.16. The fourth-order valence-corrected chi connectivity index (χ4v) is 2.27. The van der Waals surface area contributed by atoms with Crippen LogP contribution in [0.5, 0.6) is 0 Å². The first-order valence-electron chi connectivity index (χ1n) is 4.75. The number of hydrogen-bond acceptors (Lipinski definition) is 1. The van der Waals surface area contributed by atoms with Crippen molar-refractivity contribution in [1.29, 1.82) is 0 Å². The second kappa shape index (κ2) is 4.30. The SMILES string of the molecule is NC1=CC(c2ccc(Cl)cc2Cl)CC=C1. The minimum atomic E-state index is 0.264. The highest BCUT2D eigenvalue weighted by atomic mass is 35.5. The second-order valence-electron chi connectivity index (χ2n) is 3.58. The molecule has 1 aliphatic rings. The molecular formula is C12H11Cl2N. The van der Waals surface area contributed by atoms with Crippen LogP contribution in [0.15, 0.2) is 42.1 Å². The Morgan fingerprint density at radius 1 is 1.27 bits per heavy atom. The van der Waals surface area contributed by atoms with Gasteiger partial charge in [-0.05, 0) is 30.2 Å². The lowest BCUT2D eigenvalue weighted by atomic mass is 9.91. The summed E-state index contributed by atoms with van der Waals surface area (Å²) >= 11 is 12.0. The summed E-state index contributed by atoms with van der Waals surface area (Å²) in [5, 5.41) is 1.36. The standard InChI is InChI=1S/C12H11Cl2N/c13-9-4-5-11(12(14)7-9)8-2-1-3-10(15)6-8/h1,3-8H,2,15H2. The molecular weight excluding hydrogens is 229 g/mol. The van der Waals surface area contributed by atoms with Gasteiger partial charge in [0.2, 0.25) is 0 Å². The molecule has 0 aliphatic heterocycles. The van der Waals surface area contributed by atoms with Crippen LogP contribution >= 0.6 is 23.2 Å². The van der Waals surface area contributed by atoms with Gasteiger partial charge in [-0.2, -0.15) is 0 Å². The molecule has 1 nitrogen and oxygen atoms in total. The Balaban J connectivity index is 2.34. The smallest absolute Gasteiger partial charge is 0.0458 e. The van der Waals surface area contributed by atoms with E-state index in [1.54, 1.807) is 6.07 Å². The number of allylic oxidation sites excluding steroid dienone is 3. The van der Waals surface area contributed by atoms with Gasteiger partial charge in [0, 0.05) is 21.7 Å². The van der Waals surface area contributed by atoms with E-state index in [0.717, 1.165) is 17.7 Å². The summed E-state index contributed by atoms with van der Waals surface area (Å²) < 4.78 is 0. The lowest BCUT2D eigenvalue weighted by Gasteiger charge is -2.16. The molecule has 0 saturated carbocycles. The molecule has 78 valence electrons. The third kappa shape index (κ3) is 2.36. The molecule has 15 heavy (non-hydrogen) atoms. The molecule has 0 saturated heterocycles. The van der Waals surface area contributed by atoms with Crippen LogP contribution in [-0.2, 0) is 0 Å². The molecule has 2 N–H and O–H groups in total. The highest BCUT2D eigenvalue weighted by Crippen LogP contribution is 2.32. The topological polar surface area (TPSA) is 26.0 Å². The van der Waals surface area contributed by atoms with Gasteiger partial charge in [0.1, 0.15) is 0 Å². The highest BCUT2D eigenvalue weighted by Gasteiger charge is 2.13. The maximum atomic E-state index is 6.13. The summed E-state index contributed by atoms with van der Waals surface area (Å²) in [6.45, 7) is 0. The summed E-state index contributed by atoms with van der Waals surface area (Å²) in [6.07, 6.45) is 6.93. The fraction of sp³-hybridized carbons (Fsp3) is 0.167. The van der Waals surface area contributed by atoms with Gasteiger partial charge in [-0.15, -0.1) is 0 Å². The van der Waals surface area contributed by atoms with Crippen molar-refractivity contribution < 1.29 is 0 Å². The molecule has 1 aromatic rings. The summed E-state index contributed by atoms with van der Waals surface area (Å²) in [7, 11) is 0. The van der Waals surface area contributed by atoms with Crippen molar-refractivity contribution in [3.63, 3.8) is 0 Å². The monoisotopic (exact) mass is 239 g/mol. The third-order valence-electron chi connectivity index (χ3n) is 2.46. The van der Waals surface area contributed by atoms with E-state index in [1.807, 2.05) is 24.3 Å². The quantitative estimate of drug-likeness (QED) is 0.791. The van der Waals surface area contributed by atoms with Gasteiger partial charge in [0.25, 0.3) is 0 Å². The van der Waals surface area contributed by atoms with Crippen molar-refractivity contribution >= 4 is 23.2 Å². The molecule has 1 aliphatic carbocycles. The zero-order valence-electron chi connectivity index (χ0n) is 8.08. The van der Waals surface area contributed by atoms with Gasteiger partial charge in [0.15, 0.2) is 0 Å². The molecule has 3 heteroatoms. The van der Waals surface area contributed by atoms with Crippen molar-refractivity contribution in [2.24, 2.45) is 5.73 Å². The van der Waals surface area contributed by atoms with Gasteiger partial charge < -0.3 is 5.73 Å². The van der Waals surface area contributed by atoms with Crippen LogP contribution in [-0.4, -0.2) is 0 Å². The Morgan fingerprint density at radius 2 is 2.07 bits per heavy atom. The number of hydrogen-bond donors (Lipinski definition) is 1. The number of rotatable bonds is 1. The van der Waals surface area contributed by atoms with Crippen LogP contribution in [0.3, 0.4) is 0 Å². The zero-order chi connectivity index (χ0) is 10.8. The van der Waals surface area contributed by atoms with Crippen molar-refractivity contribution in [3.05, 3.63) is 57.7 Å². The predicted octanol–water partition coefficient (Wildman–Crippen LogP) is 3.88. The van der Waals surface area contributed by atoms with Gasteiger partial charge in [-0.25, -0.2) is 0 Å². The molecule has 0 fully saturated rings. The van der Waals surface area contributed by atoms with Crippen LogP contribution in [0, 0.1) is 0 Å². The fourth-order valence-electron chi connectivity index (χ4n) is 1.73. The molecule has 0 spiro atoms. The number of benzene rings is 1. The van der Waals surface area contributed by atoms with Gasteiger partial charge in [-0.3, -0.25) is 0 Å². The molecule has 1 unspecified atom stereocenters. The summed E-state index contributed by atoms with van der Waals surface area (Å²) in [5.41, 5.74) is 7.61. The van der Waals surface area contributed by atoms with E-state index in [4.69, 9.17) is 28.9 Å². The molecule has 0 heterocycles. The van der Waals surface area contributed by atoms with Crippen molar-refractivity contribution in [2.45, 2.75) is 12.3 Å². The Morgan fingerprint density at radius 3 is 2.73 bits per heavy atom. The van der Waals surface area contributed by atoms with Crippen molar-refractivity contribution in [1.82, 2.24) is 0 Å². The van der Waals surface area contributed by atoms with E-state index in [9.17, 15) is 0 Å². The first-order valence-corrected chi connectivity index (χ1v) is 5.51. The second-order valence-corrected chi connectivity index (χ2v) is 4.42. The lowest BCUT2D eigenvalue weighted by molar-refractivity contribution is 0.841. The van der Waals surface area contributed by atoms with Gasteiger partial charge in [0.05, 0.1) is 0 Å². The molecule has 0 amide bonds. The van der Waals surface area contributed by atoms with Crippen LogP contribution in [0.2, 0.25) is 10.0 Å². The maximum absolute atomic E-state index is 6.13. The average Bonchev–Trinajstić information content (AvgIpc) is 2.17. The third-order valence-corrected chi connectivity index (χ3v) is 3.02. The summed E-state index contributed by atoms with van der Waals surface area (Å²) in [4.78, 5) is 0. The Labute approximate surface area is 99.2 Å². The van der Waals surface area contributed by atoms with E-state index in [2.05, 4.69) is 6.08 Å². The predicted molar refractivity (Wildman–Crippen MR) is 65.2 cm³/mol. The van der Waals surface area contributed by atoms with Gasteiger partial charge >= 0.3 is 0 Å². The van der Waals surface area contributed by atoms with E-state index < -0.39 is 0 Å². The lowest BCUT2D eigenvalue weighted by Crippen LogP contribution is -2.04. The van der Waals surface area contributed by atoms with Crippen molar-refractivity contribution in [2.75, 3.05) is 0 Å². The normalized spacial score (nSPS) is 20.1. The molecule has 1 aromatic carbocycles. The number of halogens is 2. The average molecular weight is 240 g/mol. The van der Waals surface area contributed by atoms with Crippen molar-refractivity contribution in [3.8, 4) is 0 Å². The van der Waals surface area contributed by atoms with E-state index in [-0.39, 0.29) is 5.92 Å². The van der Waals surface area contributed by atoms with Crippen LogP contribution in [0.1, 0.15) is 17.9 Å². The summed E-state index contributed by atoms with van der Waals surface area (Å²) in [6, 6.07) is 5.57. The minimum Gasteiger partial charge on any atom is -0.399 e. The van der Waals surface area contributed by atoms with Crippen LogP contribution in [0.4, 0.5) is 0 Å². The Hall–Kier alpha value is -0.920. The highest BCUT2D eigenvalue weighted by molar-refractivity contribution is 6.35. The Kier molecular flexibility index (Phi) is 3.03. The van der Waals surface area contributed by atoms with E-state index >= 15 is 0 Å². The first kappa shape index (κ1) is 10.6. The molecule has 0 bridgehead atoms. The zero-order valence-corrected chi connectivity index (χ0v) is 9.59. The number of nitrogens with two attached hydrogens (primary N) is 1. The molecule has 0 aromatic heterocycles. The minimum absolute atomic E-state index is 0.264. The van der Waals surface area contributed by atoms with E-state index in [1.165, 1.54) is 0 Å². The molecule has 0 radical (unpaired) electrons. The summed E-state index contributed by atoms with van der Waals surface area (Å²) in [5.74, 6) is 0.264. The Bertz CT molecular complexity index is 435. The van der Waals surface area contributed by atoms with Crippen LogP contribution < -0.4 is 5.73 Å². The maximum Gasteiger partial charge on any atom is 0.0458 e. The van der Waals surface area contributed by atoms with Gasteiger partial charge in [-0.1, -0.05) is 41.4 Å². The molecule has 1 atom stereocenters. The van der Waals surface area contributed by atoms with Crippen LogP contribution in [0.25, 0.3) is 0 Å².